The topological polar surface area (TPSA) is 426 Å². The van der Waals surface area contributed by atoms with Gasteiger partial charge in [-0.3, -0.25) is 0 Å². The minimum Gasteiger partial charge on any atom is -0.394 e. The molecule has 21 N–H and O–H groups in total. The Morgan fingerprint density at radius 2 is 0.849 bits per heavy atom. The molecule has 1 saturated carbocycles. The minimum atomic E-state index is -1.84. The first-order valence-electron chi connectivity index (χ1n) is 17.3. The molecule has 4 heterocycles. The van der Waals surface area contributed by atoms with Crippen LogP contribution < -0.4 is 28.7 Å². The quantitative estimate of drug-likeness (QED) is 0.0874. The van der Waals surface area contributed by atoms with E-state index in [0.29, 0.717) is 0 Å². The zero-order chi connectivity index (χ0) is 39.0. The number of hydrogen-bond donors (Lipinski definition) is 16. The maximum absolute atomic E-state index is 11.3. The fourth-order valence-electron chi connectivity index (χ4n) is 7.19. The van der Waals surface area contributed by atoms with Crippen LogP contribution in [-0.2, 0) is 37.9 Å². The van der Waals surface area contributed by atoms with E-state index in [9.17, 15) is 56.2 Å². The number of aliphatic hydroxyl groups excluding tert-OH is 11. The third-order valence-corrected chi connectivity index (χ3v) is 10.4. The molecule has 310 valence electrons. The van der Waals surface area contributed by atoms with Crippen LogP contribution in [0.15, 0.2) is 0 Å². The van der Waals surface area contributed by atoms with E-state index >= 15 is 0 Å². The number of ether oxygens (including phenoxy) is 8. The lowest BCUT2D eigenvalue weighted by atomic mass is 9.84. The van der Waals surface area contributed by atoms with Gasteiger partial charge in [-0.1, -0.05) is 0 Å². The van der Waals surface area contributed by atoms with E-state index in [1.165, 1.54) is 0 Å². The highest BCUT2D eigenvalue weighted by Gasteiger charge is 2.55. The van der Waals surface area contributed by atoms with Gasteiger partial charge in [0.15, 0.2) is 25.2 Å². The molecule has 24 atom stereocenters. The molecule has 53 heavy (non-hydrogen) atoms. The van der Waals surface area contributed by atoms with Crippen LogP contribution in [0.5, 0.6) is 0 Å². The number of aliphatic hydroxyl groups is 11. The molecule has 24 heteroatoms. The summed E-state index contributed by atoms with van der Waals surface area (Å²) in [5.74, 6) is 0. The lowest BCUT2D eigenvalue weighted by Gasteiger charge is -2.49. The van der Waals surface area contributed by atoms with Gasteiger partial charge in [0.05, 0.1) is 38.0 Å². The molecule has 0 aromatic carbocycles. The first-order chi connectivity index (χ1) is 25.1. The van der Waals surface area contributed by atoms with Crippen LogP contribution in [0, 0.1) is 0 Å². The molecular formula is C29H55N5O19. The number of hydrogen-bond acceptors (Lipinski definition) is 24. The predicted molar refractivity (Wildman–Crippen MR) is 169 cm³/mol. The molecule has 0 aromatic rings. The second kappa shape index (κ2) is 18.1. The molecule has 0 amide bonds. The molecule has 0 bridgehead atoms. The van der Waals surface area contributed by atoms with Crippen LogP contribution in [-0.4, -0.2) is 230 Å². The van der Waals surface area contributed by atoms with E-state index in [4.69, 9.17) is 66.6 Å². The third-order valence-electron chi connectivity index (χ3n) is 10.4. The van der Waals surface area contributed by atoms with Gasteiger partial charge in [-0.15, -0.1) is 0 Å². The molecule has 1 aliphatic carbocycles. The standard InChI is InChI=1S/C29H55N5O19/c30-2-8-15(39)17(41)12(33)26(46-8)51-24-11(5-37)49-29(21(24)45)53-25-14(38)6(31)1-7(32)22(25)50-27-13(34)18(42)23(10(4-36)48-27)52-28-20(44)19(43)16(40)9(3-35)47-28/h6-29,35-45H,1-5,30-34H2/t6-,7+,8+,9-,10-,11-,12-,13-,14+,15-,16-,17-,18-,19+,20-,21-,22-,23-,24-,25-,26-,27-,28+,29+/m1/s1. The smallest absolute Gasteiger partial charge is 0.187 e. The van der Waals surface area contributed by atoms with Gasteiger partial charge < -0.3 is 123 Å². The van der Waals surface area contributed by atoms with Crippen molar-refractivity contribution in [1.82, 2.24) is 0 Å². The predicted octanol–water partition coefficient (Wildman–Crippen LogP) is -11.0. The fraction of sp³-hybridized carbons (Fsp3) is 1.00. The maximum Gasteiger partial charge on any atom is 0.187 e. The second-order valence-corrected chi connectivity index (χ2v) is 14.0. The van der Waals surface area contributed by atoms with Crippen molar-refractivity contribution in [1.29, 1.82) is 0 Å². The van der Waals surface area contributed by atoms with E-state index in [1.54, 1.807) is 0 Å². The lowest BCUT2D eigenvalue weighted by molar-refractivity contribution is -0.355. The SMILES string of the molecule is NC[C@@H]1O[C@H](O[C@H]2[C@@H](O)[C@H](O[C@@H]3[C@@H](O)[C@H](N)C[C@H](N)[C@H]3O[C@H]3O[C@H](CO)[C@@H](O[C@@H]4O[C@H](CO)[C@@H](O)[C@H](O)[C@H]4O)[C@H](O)[C@H]3N)O[C@@H]2CO)[C@H](N)[C@@H](O)[C@@H]1O. The van der Waals surface area contributed by atoms with Gasteiger partial charge in [0.25, 0.3) is 0 Å². The molecule has 5 fully saturated rings. The van der Waals surface area contributed by atoms with Crippen molar-refractivity contribution < 1.29 is 94.1 Å². The van der Waals surface area contributed by atoms with Gasteiger partial charge >= 0.3 is 0 Å². The zero-order valence-corrected chi connectivity index (χ0v) is 28.5. The van der Waals surface area contributed by atoms with Crippen LogP contribution in [0.4, 0.5) is 0 Å². The third kappa shape index (κ3) is 8.66. The first-order valence-corrected chi connectivity index (χ1v) is 17.3. The fourth-order valence-corrected chi connectivity index (χ4v) is 7.19. The minimum absolute atomic E-state index is 0.0189. The van der Waals surface area contributed by atoms with Crippen molar-refractivity contribution in [2.75, 3.05) is 26.4 Å². The van der Waals surface area contributed by atoms with E-state index in [2.05, 4.69) is 0 Å². The highest BCUT2D eigenvalue weighted by atomic mass is 16.8. The molecule has 5 rings (SSSR count). The molecular weight excluding hydrogens is 722 g/mol. The van der Waals surface area contributed by atoms with Gasteiger partial charge in [-0.2, -0.15) is 0 Å². The molecule has 0 aromatic heterocycles. The molecule has 0 spiro atoms. The van der Waals surface area contributed by atoms with Crippen LogP contribution in [0.3, 0.4) is 0 Å². The van der Waals surface area contributed by atoms with Gasteiger partial charge in [0, 0.05) is 18.6 Å². The Labute approximate surface area is 302 Å². The summed E-state index contributed by atoms with van der Waals surface area (Å²) in [6.07, 6.45) is -30.3. The Morgan fingerprint density at radius 1 is 0.415 bits per heavy atom. The van der Waals surface area contributed by atoms with Crippen LogP contribution >= 0.6 is 0 Å². The van der Waals surface area contributed by atoms with Crippen LogP contribution in [0.25, 0.3) is 0 Å². The molecule has 0 unspecified atom stereocenters. The summed E-state index contributed by atoms with van der Waals surface area (Å²) in [7, 11) is 0. The highest BCUT2D eigenvalue weighted by Crippen LogP contribution is 2.35. The number of rotatable bonds is 12. The Morgan fingerprint density at radius 3 is 1.43 bits per heavy atom. The zero-order valence-electron chi connectivity index (χ0n) is 28.5. The van der Waals surface area contributed by atoms with Crippen LogP contribution in [0.1, 0.15) is 6.42 Å². The summed E-state index contributed by atoms with van der Waals surface area (Å²) in [6.45, 7) is -2.48. The summed E-state index contributed by atoms with van der Waals surface area (Å²) in [4.78, 5) is 0. The van der Waals surface area contributed by atoms with Gasteiger partial charge in [-0.05, 0) is 6.42 Å². The summed E-state index contributed by atoms with van der Waals surface area (Å²) in [5.41, 5.74) is 30.4. The number of nitrogens with two attached hydrogens (primary N) is 5. The Kier molecular flexibility index (Phi) is 14.7. The molecule has 24 nitrogen and oxygen atoms in total. The van der Waals surface area contributed by atoms with Crippen LogP contribution in [0.2, 0.25) is 0 Å². The lowest BCUT2D eigenvalue weighted by Crippen LogP contribution is -2.69. The van der Waals surface area contributed by atoms with Crippen molar-refractivity contribution in [2.45, 2.75) is 153 Å². The van der Waals surface area contributed by atoms with E-state index < -0.39 is 167 Å². The molecule has 4 saturated heterocycles. The molecule has 4 aliphatic heterocycles. The summed E-state index contributed by atoms with van der Waals surface area (Å²) >= 11 is 0. The van der Waals surface area contributed by atoms with E-state index in [1.807, 2.05) is 0 Å². The average Bonchev–Trinajstić information content (AvgIpc) is 3.44. The Balaban J connectivity index is 1.29. The summed E-state index contributed by atoms with van der Waals surface area (Å²) in [6, 6.07) is -4.73. The second-order valence-electron chi connectivity index (χ2n) is 14.0. The van der Waals surface area contributed by atoms with Crippen molar-refractivity contribution in [3.05, 3.63) is 0 Å². The van der Waals surface area contributed by atoms with Crippen molar-refractivity contribution >= 4 is 0 Å². The Hall–Kier alpha value is -0.960. The summed E-state index contributed by atoms with van der Waals surface area (Å²) < 4.78 is 46.0. The van der Waals surface area contributed by atoms with Gasteiger partial charge in [0.2, 0.25) is 0 Å². The van der Waals surface area contributed by atoms with E-state index in [-0.39, 0.29) is 13.0 Å². The summed E-state index contributed by atoms with van der Waals surface area (Å²) in [5, 5.41) is 115. The molecule has 5 aliphatic rings. The molecule has 0 radical (unpaired) electrons. The monoisotopic (exact) mass is 777 g/mol. The normalized spacial score (nSPS) is 53.9. The first kappa shape index (κ1) is 43.2. The Bertz CT molecular complexity index is 1150. The van der Waals surface area contributed by atoms with Crippen molar-refractivity contribution in [2.24, 2.45) is 28.7 Å². The van der Waals surface area contributed by atoms with E-state index in [0.717, 1.165) is 0 Å². The maximum atomic E-state index is 11.3. The highest BCUT2D eigenvalue weighted by molar-refractivity contribution is 5.02. The largest absolute Gasteiger partial charge is 0.394 e. The van der Waals surface area contributed by atoms with Crippen molar-refractivity contribution in [3.8, 4) is 0 Å². The van der Waals surface area contributed by atoms with Gasteiger partial charge in [-0.25, -0.2) is 0 Å². The average molecular weight is 778 g/mol. The van der Waals surface area contributed by atoms with Crippen molar-refractivity contribution in [3.63, 3.8) is 0 Å². The van der Waals surface area contributed by atoms with Gasteiger partial charge in [0.1, 0.15) is 91.6 Å².